The molecule has 0 aliphatic heterocycles. The summed E-state index contributed by atoms with van der Waals surface area (Å²) in [5.74, 6) is -0.793. The van der Waals surface area contributed by atoms with Gasteiger partial charge in [0.15, 0.2) is 11.7 Å². The van der Waals surface area contributed by atoms with Crippen LogP contribution in [0.2, 0.25) is 0 Å². The number of benzene rings is 2. The van der Waals surface area contributed by atoms with Gasteiger partial charge in [0.25, 0.3) is 5.91 Å². The number of hydrazine groups is 1. The van der Waals surface area contributed by atoms with Crippen LogP contribution in [0, 0.1) is 13.8 Å². The second-order valence-electron chi connectivity index (χ2n) is 7.47. The molecule has 0 aliphatic carbocycles. The van der Waals surface area contributed by atoms with Crippen molar-refractivity contribution >= 4 is 35.1 Å². The van der Waals surface area contributed by atoms with E-state index in [1.54, 1.807) is 0 Å². The Morgan fingerprint density at radius 2 is 1.61 bits per heavy atom. The molecule has 9 heteroatoms. The van der Waals surface area contributed by atoms with Crippen LogP contribution in [0.1, 0.15) is 36.0 Å². The third-order valence-corrected chi connectivity index (χ3v) is 4.61. The average molecular weight is 472 g/mol. The zero-order valence-electron chi connectivity index (χ0n) is 18.8. The number of esters is 1. The van der Waals surface area contributed by atoms with Gasteiger partial charge in [0, 0.05) is 6.42 Å². The number of nitrogens with one attached hydrogen (secondary N) is 3. The Labute approximate surface area is 199 Å². The molecule has 0 heterocycles. The first-order chi connectivity index (χ1) is 15.8. The summed E-state index contributed by atoms with van der Waals surface area (Å²) in [5.41, 5.74) is 8.00. The molecule has 0 fully saturated rings. The van der Waals surface area contributed by atoms with E-state index in [0.29, 0.717) is 18.8 Å². The number of thiocarbonyl (C=S) groups is 1. The summed E-state index contributed by atoms with van der Waals surface area (Å²) in [6, 6.07) is 15.6. The minimum atomic E-state index is -0.468. The van der Waals surface area contributed by atoms with Gasteiger partial charge in [0.1, 0.15) is 5.75 Å². The Bertz CT molecular complexity index is 946. The molecule has 0 saturated carbocycles. The van der Waals surface area contributed by atoms with E-state index in [1.807, 2.05) is 62.4 Å². The highest BCUT2D eigenvalue weighted by molar-refractivity contribution is 7.80. The maximum atomic E-state index is 11.9. The van der Waals surface area contributed by atoms with E-state index in [4.69, 9.17) is 21.7 Å². The highest BCUT2D eigenvalue weighted by Crippen LogP contribution is 2.15. The Balaban J connectivity index is 1.54. The lowest BCUT2D eigenvalue weighted by molar-refractivity contribution is -0.145. The second-order valence-corrected chi connectivity index (χ2v) is 7.88. The lowest BCUT2D eigenvalue weighted by Crippen LogP contribution is -2.49. The Morgan fingerprint density at radius 1 is 0.909 bits per heavy atom. The topological polar surface area (TPSA) is 106 Å². The molecule has 0 saturated heterocycles. The molecule has 3 N–H and O–H groups in total. The average Bonchev–Trinajstić information content (AvgIpc) is 2.78. The van der Waals surface area contributed by atoms with Gasteiger partial charge in [0.05, 0.1) is 13.0 Å². The normalized spacial score (nSPS) is 10.1. The van der Waals surface area contributed by atoms with Crippen LogP contribution in [-0.4, -0.2) is 36.1 Å². The smallest absolute Gasteiger partial charge is 0.306 e. The third-order valence-electron chi connectivity index (χ3n) is 4.41. The molecule has 2 aromatic carbocycles. The number of amides is 2. The number of aryl methyl sites for hydroxylation is 3. The van der Waals surface area contributed by atoms with Gasteiger partial charge in [-0.1, -0.05) is 36.4 Å². The van der Waals surface area contributed by atoms with Crippen molar-refractivity contribution in [3.05, 3.63) is 65.2 Å². The molecule has 0 aliphatic rings. The molecule has 8 nitrogen and oxygen atoms in total. The van der Waals surface area contributed by atoms with Crippen LogP contribution < -0.4 is 20.9 Å². The molecular formula is C24H29N3O5S. The fourth-order valence-electron chi connectivity index (χ4n) is 2.94. The van der Waals surface area contributed by atoms with Gasteiger partial charge in [-0.15, -0.1) is 0 Å². The summed E-state index contributed by atoms with van der Waals surface area (Å²) < 4.78 is 10.6. The molecule has 176 valence electrons. The summed E-state index contributed by atoms with van der Waals surface area (Å²) in [6.45, 7) is 3.96. The first-order valence-corrected chi connectivity index (χ1v) is 11.0. The largest absolute Gasteiger partial charge is 0.484 e. The zero-order chi connectivity index (χ0) is 24.1. The fourth-order valence-corrected chi connectivity index (χ4v) is 3.11. The van der Waals surface area contributed by atoms with E-state index in [-0.39, 0.29) is 24.6 Å². The number of carbonyl (C=O) groups excluding carboxylic acids is 3. The van der Waals surface area contributed by atoms with Gasteiger partial charge in [-0.25, -0.2) is 0 Å². The summed E-state index contributed by atoms with van der Waals surface area (Å²) in [5, 5.41) is 2.30. The molecule has 0 aromatic heterocycles. The lowest BCUT2D eigenvalue weighted by Gasteiger charge is -2.12. The van der Waals surface area contributed by atoms with Crippen molar-refractivity contribution in [2.24, 2.45) is 0 Å². The van der Waals surface area contributed by atoms with Gasteiger partial charge in [-0.3, -0.25) is 25.2 Å². The van der Waals surface area contributed by atoms with Crippen LogP contribution in [-0.2, 0) is 25.5 Å². The maximum Gasteiger partial charge on any atom is 0.306 e. The molecule has 0 atom stereocenters. The van der Waals surface area contributed by atoms with Gasteiger partial charge in [-0.2, -0.15) is 0 Å². The summed E-state index contributed by atoms with van der Waals surface area (Å²) in [4.78, 5) is 35.6. The number of carbonyl (C=O) groups is 3. The number of rotatable bonds is 10. The quantitative estimate of drug-likeness (QED) is 0.212. The molecule has 0 spiro atoms. The number of ether oxygens (including phenoxy) is 2. The molecule has 0 bridgehead atoms. The first-order valence-electron chi connectivity index (χ1n) is 10.6. The summed E-state index contributed by atoms with van der Waals surface area (Å²) in [6.07, 6.45) is 1.39. The highest BCUT2D eigenvalue weighted by atomic mass is 32.1. The molecule has 33 heavy (non-hydrogen) atoms. The van der Waals surface area contributed by atoms with Crippen molar-refractivity contribution in [3.63, 3.8) is 0 Å². The van der Waals surface area contributed by atoms with E-state index in [0.717, 1.165) is 17.5 Å². The van der Waals surface area contributed by atoms with Crippen molar-refractivity contribution in [2.45, 2.75) is 39.5 Å². The number of hydrogen-bond donors (Lipinski definition) is 3. The van der Waals surface area contributed by atoms with Gasteiger partial charge < -0.3 is 14.8 Å². The molecule has 0 radical (unpaired) electrons. The van der Waals surface area contributed by atoms with Crippen LogP contribution >= 0.6 is 12.2 Å². The van der Waals surface area contributed by atoms with Crippen LogP contribution in [0.15, 0.2) is 48.5 Å². The number of hydrogen-bond acceptors (Lipinski definition) is 6. The van der Waals surface area contributed by atoms with Crippen LogP contribution in [0.3, 0.4) is 0 Å². The van der Waals surface area contributed by atoms with Crippen molar-refractivity contribution < 1.29 is 23.9 Å². The van der Waals surface area contributed by atoms with Crippen molar-refractivity contribution in [1.29, 1.82) is 0 Å². The first kappa shape index (κ1) is 25.8. The minimum Gasteiger partial charge on any atom is -0.484 e. The van der Waals surface area contributed by atoms with Crippen LogP contribution in [0.25, 0.3) is 0 Å². The molecule has 2 rings (SSSR count). The maximum absolute atomic E-state index is 11.9. The van der Waals surface area contributed by atoms with Crippen LogP contribution in [0.4, 0.5) is 0 Å². The Kier molecular flexibility index (Phi) is 10.8. The van der Waals surface area contributed by atoms with Gasteiger partial charge in [0.2, 0.25) is 5.91 Å². The summed E-state index contributed by atoms with van der Waals surface area (Å²) in [7, 11) is 0. The standard InChI is InChI=1S/C24H29N3O5S/c1-17-13-18(2)15-20(14-17)32-16-22(29)26-27-24(33)25-21(28)10-11-23(30)31-12-6-9-19-7-4-3-5-8-19/h3-5,7-8,13-15H,6,9-12,16H2,1-2H3,(H,26,29)(H2,25,27,28,33). The van der Waals surface area contributed by atoms with Crippen molar-refractivity contribution in [3.8, 4) is 5.75 Å². The van der Waals surface area contributed by atoms with E-state index in [2.05, 4.69) is 16.2 Å². The zero-order valence-corrected chi connectivity index (χ0v) is 19.6. The molecule has 2 aromatic rings. The van der Waals surface area contributed by atoms with Crippen LogP contribution in [0.5, 0.6) is 5.75 Å². The molecule has 2 amide bonds. The highest BCUT2D eigenvalue weighted by Gasteiger charge is 2.10. The minimum absolute atomic E-state index is 0.0596. The van der Waals surface area contributed by atoms with E-state index < -0.39 is 17.8 Å². The van der Waals surface area contributed by atoms with E-state index in [1.165, 1.54) is 5.56 Å². The Hall–Kier alpha value is -3.46. The fraction of sp³-hybridized carbons (Fsp3) is 0.333. The van der Waals surface area contributed by atoms with Crippen molar-refractivity contribution in [1.82, 2.24) is 16.2 Å². The lowest BCUT2D eigenvalue weighted by atomic mass is 10.1. The summed E-state index contributed by atoms with van der Waals surface area (Å²) >= 11 is 4.96. The third kappa shape index (κ3) is 11.1. The molecular weight excluding hydrogens is 442 g/mol. The predicted octanol–water partition coefficient (Wildman–Crippen LogP) is 2.66. The Morgan fingerprint density at radius 3 is 2.30 bits per heavy atom. The van der Waals surface area contributed by atoms with E-state index >= 15 is 0 Å². The van der Waals surface area contributed by atoms with Crippen molar-refractivity contribution in [2.75, 3.05) is 13.2 Å². The monoisotopic (exact) mass is 471 g/mol. The van der Waals surface area contributed by atoms with Gasteiger partial charge in [-0.05, 0) is 67.7 Å². The predicted molar refractivity (Wildman–Crippen MR) is 128 cm³/mol. The van der Waals surface area contributed by atoms with E-state index in [9.17, 15) is 14.4 Å². The van der Waals surface area contributed by atoms with Gasteiger partial charge >= 0.3 is 5.97 Å². The molecule has 0 unspecified atom stereocenters. The second kappa shape index (κ2) is 13.8. The SMILES string of the molecule is Cc1cc(C)cc(OCC(=O)NNC(=S)NC(=O)CCC(=O)OCCCc2ccccc2)c1.